The maximum Gasteiger partial charge on any atom is 0.285 e. The number of hydrogen-bond acceptors (Lipinski definition) is 6. The maximum atomic E-state index is 12.4. The summed E-state index contributed by atoms with van der Waals surface area (Å²) in [5.41, 5.74) is 2.48. The van der Waals surface area contributed by atoms with Gasteiger partial charge in [-0.3, -0.25) is 4.98 Å². The van der Waals surface area contributed by atoms with E-state index in [1.165, 1.54) is 0 Å². The van der Waals surface area contributed by atoms with Crippen molar-refractivity contribution in [1.82, 2.24) is 14.9 Å². The molecule has 0 unspecified atom stereocenters. The average Bonchev–Trinajstić information content (AvgIpc) is 3.04. The van der Waals surface area contributed by atoms with Gasteiger partial charge in [0.2, 0.25) is 0 Å². The first-order valence-corrected chi connectivity index (χ1v) is 11.1. The molecule has 1 aromatic heterocycles. The highest BCUT2D eigenvalue weighted by Crippen LogP contribution is 2.30. The predicted octanol–water partition coefficient (Wildman–Crippen LogP) is 2.68. The highest BCUT2D eigenvalue weighted by molar-refractivity contribution is 7.90. The van der Waals surface area contributed by atoms with Crippen LogP contribution in [0.25, 0.3) is 11.0 Å². The van der Waals surface area contributed by atoms with E-state index in [-0.39, 0.29) is 6.04 Å². The Hall–Kier alpha value is -3.00. The van der Waals surface area contributed by atoms with E-state index in [1.54, 1.807) is 12.1 Å². The lowest BCUT2D eigenvalue weighted by molar-refractivity contribution is 0.306. The van der Waals surface area contributed by atoms with Gasteiger partial charge in [-0.25, -0.2) is 4.98 Å². The lowest BCUT2D eigenvalue weighted by Crippen LogP contribution is -2.45. The first-order valence-electron chi connectivity index (χ1n) is 9.67. The third-order valence-corrected chi connectivity index (χ3v) is 7.04. The Bertz CT molecular complexity index is 1220. The Morgan fingerprint density at radius 1 is 1.00 bits per heavy atom. The lowest BCUT2D eigenvalue weighted by atomic mass is 10.0. The van der Waals surface area contributed by atoms with Crippen LogP contribution < -0.4 is 4.90 Å². The van der Waals surface area contributed by atoms with Crippen molar-refractivity contribution >= 4 is 32.7 Å². The average molecular weight is 407 g/mol. The van der Waals surface area contributed by atoms with E-state index in [0.29, 0.717) is 16.3 Å². The summed E-state index contributed by atoms with van der Waals surface area (Å²) in [5.74, 6) is 1.43. The fourth-order valence-electron chi connectivity index (χ4n) is 4.10. The van der Waals surface area contributed by atoms with Crippen LogP contribution in [0.5, 0.6) is 0 Å². The molecule has 0 aliphatic carbocycles. The van der Waals surface area contributed by atoms with Crippen molar-refractivity contribution < 1.29 is 8.42 Å². The second-order valence-electron chi connectivity index (χ2n) is 7.43. The number of para-hydroxylation sites is 2. The molecule has 3 aromatic rings. The number of piperidine rings is 1. The topological polar surface area (TPSA) is 78.8 Å². The van der Waals surface area contributed by atoms with E-state index in [4.69, 9.17) is 4.98 Å². The Kier molecular flexibility index (Phi) is 4.24. The number of rotatable bonds is 2. The van der Waals surface area contributed by atoms with E-state index in [1.807, 2.05) is 54.5 Å². The van der Waals surface area contributed by atoms with Crippen LogP contribution >= 0.6 is 0 Å². The van der Waals surface area contributed by atoms with Gasteiger partial charge in [0.05, 0.1) is 17.2 Å². The Morgan fingerprint density at radius 2 is 1.69 bits per heavy atom. The molecule has 1 fully saturated rings. The van der Waals surface area contributed by atoms with Crippen LogP contribution in [0.3, 0.4) is 0 Å². The van der Waals surface area contributed by atoms with E-state index in [0.717, 1.165) is 42.8 Å². The van der Waals surface area contributed by atoms with Gasteiger partial charge in [0.1, 0.15) is 10.7 Å². The van der Waals surface area contributed by atoms with Gasteiger partial charge >= 0.3 is 0 Å². The molecule has 0 N–H and O–H groups in total. The number of hydrogen-bond donors (Lipinski definition) is 0. The molecule has 0 radical (unpaired) electrons. The van der Waals surface area contributed by atoms with Gasteiger partial charge in [0.15, 0.2) is 5.84 Å². The number of sulfonamides is 1. The zero-order chi connectivity index (χ0) is 20.0. The second-order valence-corrected chi connectivity index (χ2v) is 9.00. The van der Waals surface area contributed by atoms with E-state index >= 15 is 0 Å². The standard InChI is InChI=1S/C21H21N5O2S/c1-25(21-16-6-2-5-9-19(16)29(27,28)24-21)15-10-12-26(13-11-15)20-14-22-17-7-3-4-8-18(17)23-20/h2-9,14-15H,10-13H2,1H3. The predicted molar refractivity (Wildman–Crippen MR) is 113 cm³/mol. The summed E-state index contributed by atoms with van der Waals surface area (Å²) in [7, 11) is -1.66. The molecule has 5 rings (SSSR count). The smallest absolute Gasteiger partial charge is 0.285 e. The van der Waals surface area contributed by atoms with Crippen LogP contribution in [-0.2, 0) is 10.0 Å². The summed E-state index contributed by atoms with van der Waals surface area (Å²) in [6.07, 6.45) is 3.62. The second kappa shape index (κ2) is 6.81. The molecule has 7 nitrogen and oxygen atoms in total. The minimum Gasteiger partial charge on any atom is -0.355 e. The van der Waals surface area contributed by atoms with Crippen LogP contribution in [0.1, 0.15) is 18.4 Å². The Morgan fingerprint density at radius 3 is 2.48 bits per heavy atom. The number of nitrogens with zero attached hydrogens (tertiary/aromatic N) is 5. The van der Waals surface area contributed by atoms with Crippen molar-refractivity contribution in [3.63, 3.8) is 0 Å². The van der Waals surface area contributed by atoms with Gasteiger partial charge in [-0.15, -0.1) is 4.40 Å². The lowest BCUT2D eigenvalue weighted by Gasteiger charge is -2.38. The SMILES string of the molecule is CN(C1=NS(=O)(=O)c2ccccc21)C1CCN(c2cnc3ccccc3n2)CC1. The fourth-order valence-corrected chi connectivity index (χ4v) is 5.34. The van der Waals surface area contributed by atoms with Crippen LogP contribution in [-0.4, -0.2) is 55.3 Å². The van der Waals surface area contributed by atoms with Crippen molar-refractivity contribution in [1.29, 1.82) is 0 Å². The highest BCUT2D eigenvalue weighted by atomic mass is 32.2. The van der Waals surface area contributed by atoms with Gasteiger partial charge in [0, 0.05) is 31.7 Å². The molecule has 2 aliphatic rings. The minimum atomic E-state index is -3.60. The fraction of sp³-hybridized carbons (Fsp3) is 0.286. The molecular formula is C21H21N5O2S. The summed E-state index contributed by atoms with van der Waals surface area (Å²) < 4.78 is 28.8. The molecule has 0 atom stereocenters. The highest BCUT2D eigenvalue weighted by Gasteiger charge is 2.34. The Balaban J connectivity index is 1.33. The Labute approximate surface area is 169 Å². The van der Waals surface area contributed by atoms with Gasteiger partial charge in [-0.2, -0.15) is 8.42 Å². The summed E-state index contributed by atoms with van der Waals surface area (Å²) in [6, 6.07) is 15.1. The van der Waals surface area contributed by atoms with Crippen LogP contribution in [0, 0.1) is 0 Å². The number of fused-ring (bicyclic) bond motifs is 2. The molecule has 2 aromatic carbocycles. The molecule has 0 bridgehead atoms. The van der Waals surface area contributed by atoms with Crippen LogP contribution in [0.4, 0.5) is 5.82 Å². The van der Waals surface area contributed by atoms with E-state index in [9.17, 15) is 8.42 Å². The maximum absolute atomic E-state index is 12.4. The molecule has 148 valence electrons. The van der Waals surface area contributed by atoms with Crippen molar-refractivity contribution in [3.05, 3.63) is 60.3 Å². The summed E-state index contributed by atoms with van der Waals surface area (Å²) in [5, 5.41) is 0. The quantitative estimate of drug-likeness (QED) is 0.650. The van der Waals surface area contributed by atoms with Crippen molar-refractivity contribution in [2.45, 2.75) is 23.8 Å². The van der Waals surface area contributed by atoms with Crippen LogP contribution in [0.2, 0.25) is 0 Å². The molecule has 0 saturated carbocycles. The van der Waals surface area contributed by atoms with Gasteiger partial charge in [-0.1, -0.05) is 24.3 Å². The molecule has 8 heteroatoms. The number of amidine groups is 1. The third-order valence-electron chi connectivity index (χ3n) is 5.72. The van der Waals surface area contributed by atoms with Crippen molar-refractivity contribution in [3.8, 4) is 0 Å². The van der Waals surface area contributed by atoms with Gasteiger partial charge in [-0.05, 0) is 37.1 Å². The normalized spacial score (nSPS) is 18.5. The molecule has 3 heterocycles. The van der Waals surface area contributed by atoms with Gasteiger partial charge in [0.25, 0.3) is 10.0 Å². The monoisotopic (exact) mass is 407 g/mol. The summed E-state index contributed by atoms with van der Waals surface area (Å²) >= 11 is 0. The van der Waals surface area contributed by atoms with E-state index in [2.05, 4.69) is 14.3 Å². The summed E-state index contributed by atoms with van der Waals surface area (Å²) in [6.45, 7) is 1.67. The van der Waals surface area contributed by atoms with Crippen LogP contribution in [0.15, 0.2) is 64.0 Å². The first-order chi connectivity index (χ1) is 14.0. The molecule has 2 aliphatic heterocycles. The minimum absolute atomic E-state index is 0.222. The number of anilines is 1. The van der Waals surface area contributed by atoms with Gasteiger partial charge < -0.3 is 9.80 Å². The first kappa shape index (κ1) is 18.1. The van der Waals surface area contributed by atoms with Crippen molar-refractivity contribution in [2.24, 2.45) is 4.40 Å². The third kappa shape index (κ3) is 3.13. The number of benzene rings is 2. The largest absolute Gasteiger partial charge is 0.355 e. The zero-order valence-electron chi connectivity index (χ0n) is 16.1. The van der Waals surface area contributed by atoms with Crippen molar-refractivity contribution in [2.75, 3.05) is 25.0 Å². The molecule has 0 amide bonds. The number of aromatic nitrogens is 2. The zero-order valence-corrected chi connectivity index (χ0v) is 16.9. The molecule has 0 spiro atoms. The molecular weight excluding hydrogens is 386 g/mol. The summed E-state index contributed by atoms with van der Waals surface area (Å²) in [4.78, 5) is 13.8. The van der Waals surface area contributed by atoms with E-state index < -0.39 is 10.0 Å². The molecule has 1 saturated heterocycles. The molecule has 29 heavy (non-hydrogen) atoms.